The maximum atomic E-state index is 10.9. The van der Waals surface area contributed by atoms with Crippen LogP contribution in [0.1, 0.15) is 33.6 Å². The molecule has 0 saturated heterocycles. The van der Waals surface area contributed by atoms with Crippen molar-refractivity contribution in [3.63, 3.8) is 0 Å². The number of hydrogen-bond acceptors (Lipinski definition) is 5. The molecular formula is C11H19N3O4. The van der Waals surface area contributed by atoms with Crippen LogP contribution >= 0.6 is 0 Å². The number of hydrogen-bond donors (Lipinski definition) is 2. The lowest BCUT2D eigenvalue weighted by Crippen LogP contribution is -2.28. The molecule has 0 radical (unpaired) electrons. The third kappa shape index (κ3) is 5.42. The minimum Gasteiger partial charge on any atom is -0.411 e. The minimum atomic E-state index is -0.788. The van der Waals surface area contributed by atoms with Crippen molar-refractivity contribution in [2.75, 3.05) is 6.54 Å². The molecule has 0 aliphatic carbocycles. The first-order chi connectivity index (χ1) is 8.46. The number of nitro groups is 1. The third-order valence-electron chi connectivity index (χ3n) is 2.48. The molecule has 0 fully saturated rings. The number of carbonyl (C=O) groups is 1. The largest absolute Gasteiger partial charge is 0.411 e. The molecular weight excluding hydrogens is 238 g/mol. The second-order valence-electron chi connectivity index (χ2n) is 3.78. The lowest BCUT2D eigenvalue weighted by Gasteiger charge is -2.10. The number of oxime groups is 1. The molecule has 0 spiro atoms. The molecule has 0 bridgehead atoms. The van der Waals surface area contributed by atoms with E-state index in [4.69, 9.17) is 5.21 Å². The highest BCUT2D eigenvalue weighted by Crippen LogP contribution is 2.14. The minimum absolute atomic E-state index is 0.0451. The van der Waals surface area contributed by atoms with Gasteiger partial charge in [-0.3, -0.25) is 14.9 Å². The topological polar surface area (TPSA) is 105 Å². The van der Waals surface area contributed by atoms with Crippen molar-refractivity contribution < 1.29 is 14.9 Å². The van der Waals surface area contributed by atoms with Gasteiger partial charge < -0.3 is 10.5 Å². The second kappa shape index (κ2) is 8.21. The summed E-state index contributed by atoms with van der Waals surface area (Å²) in [6, 6.07) is -0.788. The zero-order chi connectivity index (χ0) is 14.1. The van der Waals surface area contributed by atoms with Crippen LogP contribution in [-0.2, 0) is 4.79 Å². The molecule has 1 amide bonds. The average Bonchev–Trinajstić information content (AvgIpc) is 2.32. The van der Waals surface area contributed by atoms with Gasteiger partial charge in [-0.05, 0) is 12.5 Å². The van der Waals surface area contributed by atoms with Crippen LogP contribution in [0.3, 0.4) is 0 Å². The Morgan fingerprint density at radius 2 is 2.17 bits per heavy atom. The summed E-state index contributed by atoms with van der Waals surface area (Å²) in [4.78, 5) is 21.2. The highest BCUT2D eigenvalue weighted by atomic mass is 16.6. The first-order valence-electron chi connectivity index (χ1n) is 5.75. The normalized spacial score (nSPS) is 14.2. The summed E-state index contributed by atoms with van der Waals surface area (Å²) in [5, 5.41) is 25.2. The van der Waals surface area contributed by atoms with Gasteiger partial charge in [-0.15, -0.1) is 0 Å². The van der Waals surface area contributed by atoms with Gasteiger partial charge in [0.25, 0.3) is 0 Å². The molecule has 102 valence electrons. The van der Waals surface area contributed by atoms with E-state index in [0.717, 1.165) is 0 Å². The average molecular weight is 257 g/mol. The Balaban J connectivity index is 4.94. The molecule has 1 atom stereocenters. The summed E-state index contributed by atoms with van der Waals surface area (Å²) in [5.74, 6) is -0.260. The van der Waals surface area contributed by atoms with Crippen molar-refractivity contribution in [1.29, 1.82) is 0 Å². The van der Waals surface area contributed by atoms with E-state index in [2.05, 4.69) is 10.5 Å². The van der Waals surface area contributed by atoms with Crippen LogP contribution < -0.4 is 5.32 Å². The van der Waals surface area contributed by atoms with E-state index >= 15 is 0 Å². The van der Waals surface area contributed by atoms with Gasteiger partial charge in [0.1, 0.15) is 0 Å². The van der Waals surface area contributed by atoms with Gasteiger partial charge in [0.05, 0.1) is 12.3 Å². The van der Waals surface area contributed by atoms with E-state index < -0.39 is 6.04 Å². The lowest BCUT2D eigenvalue weighted by molar-refractivity contribution is -0.512. The van der Waals surface area contributed by atoms with Gasteiger partial charge in [0.2, 0.25) is 11.9 Å². The Labute approximate surface area is 106 Å². The molecule has 0 saturated carbocycles. The lowest BCUT2D eigenvalue weighted by atomic mass is 10.0. The van der Waals surface area contributed by atoms with E-state index in [1.165, 1.54) is 13.0 Å². The number of nitrogens with one attached hydrogen (secondary N) is 1. The summed E-state index contributed by atoms with van der Waals surface area (Å²) in [5.41, 5.74) is 0.767. The fraction of sp³-hybridized carbons (Fsp3) is 0.636. The molecule has 2 N–H and O–H groups in total. The molecule has 0 aliphatic rings. The highest BCUT2D eigenvalue weighted by molar-refractivity contribution is 5.98. The third-order valence-corrected chi connectivity index (χ3v) is 2.48. The summed E-state index contributed by atoms with van der Waals surface area (Å²) in [6.07, 6.45) is 2.32. The Morgan fingerprint density at radius 1 is 1.56 bits per heavy atom. The molecule has 1 unspecified atom stereocenters. The maximum absolute atomic E-state index is 10.9. The van der Waals surface area contributed by atoms with Crippen LogP contribution in [0.2, 0.25) is 0 Å². The number of amides is 1. The predicted octanol–water partition coefficient (Wildman–Crippen LogP) is 1.34. The molecule has 0 aromatic heterocycles. The fourth-order valence-corrected chi connectivity index (χ4v) is 1.52. The Kier molecular flexibility index (Phi) is 7.34. The molecule has 0 rings (SSSR count). The molecule has 0 aromatic carbocycles. The Bertz CT molecular complexity index is 363. The Hall–Kier alpha value is -1.92. The van der Waals surface area contributed by atoms with Crippen LogP contribution in [0.15, 0.2) is 16.8 Å². The summed E-state index contributed by atoms with van der Waals surface area (Å²) in [6.45, 7) is 4.90. The smallest absolute Gasteiger partial charge is 0.234 e. The van der Waals surface area contributed by atoms with E-state index in [1.54, 1.807) is 13.8 Å². The standard InChI is InChI=1S/C11H19N3O4/c1-4-9(11(5-2)14(17)18)6-10(13-16)7-12-8(3)15/h6,11,16H,4-5,7H2,1-3H3,(H,12,15)/b9-6+,13-10+. The molecule has 18 heavy (non-hydrogen) atoms. The van der Waals surface area contributed by atoms with E-state index in [1.807, 2.05) is 0 Å². The van der Waals surface area contributed by atoms with Gasteiger partial charge >= 0.3 is 0 Å². The van der Waals surface area contributed by atoms with Gasteiger partial charge in [0.15, 0.2) is 0 Å². The van der Waals surface area contributed by atoms with Gasteiger partial charge in [-0.25, -0.2) is 0 Å². The molecule has 0 aliphatic heterocycles. The zero-order valence-electron chi connectivity index (χ0n) is 10.8. The first kappa shape index (κ1) is 16.1. The van der Waals surface area contributed by atoms with Crippen molar-refractivity contribution in [1.82, 2.24) is 5.32 Å². The van der Waals surface area contributed by atoms with Crippen LogP contribution in [0.4, 0.5) is 0 Å². The molecule has 0 heterocycles. The fourth-order valence-electron chi connectivity index (χ4n) is 1.52. The monoisotopic (exact) mass is 257 g/mol. The quantitative estimate of drug-likeness (QED) is 0.311. The van der Waals surface area contributed by atoms with Gasteiger partial charge in [0, 0.05) is 23.8 Å². The Morgan fingerprint density at radius 3 is 2.50 bits per heavy atom. The number of rotatable bonds is 7. The summed E-state index contributed by atoms with van der Waals surface area (Å²) >= 11 is 0. The second-order valence-corrected chi connectivity index (χ2v) is 3.78. The van der Waals surface area contributed by atoms with E-state index in [9.17, 15) is 14.9 Å². The van der Waals surface area contributed by atoms with Crippen LogP contribution in [0.5, 0.6) is 0 Å². The van der Waals surface area contributed by atoms with Crippen molar-refractivity contribution in [3.8, 4) is 0 Å². The van der Waals surface area contributed by atoms with E-state index in [0.29, 0.717) is 18.4 Å². The van der Waals surface area contributed by atoms with Gasteiger partial charge in [-0.2, -0.15) is 0 Å². The first-order valence-corrected chi connectivity index (χ1v) is 5.75. The maximum Gasteiger partial charge on any atom is 0.234 e. The zero-order valence-corrected chi connectivity index (χ0v) is 10.8. The van der Waals surface area contributed by atoms with E-state index in [-0.39, 0.29) is 23.1 Å². The van der Waals surface area contributed by atoms with Crippen molar-refractivity contribution in [2.45, 2.75) is 39.7 Å². The SMILES string of the molecule is CC/C(=C\C(CNC(C)=O)=N/O)C(CC)[N+](=O)[O-]. The predicted molar refractivity (Wildman–Crippen MR) is 67.4 cm³/mol. The molecule has 7 heteroatoms. The summed E-state index contributed by atoms with van der Waals surface area (Å²) < 4.78 is 0. The van der Waals surface area contributed by atoms with Crippen LogP contribution in [0, 0.1) is 10.1 Å². The highest BCUT2D eigenvalue weighted by Gasteiger charge is 2.22. The van der Waals surface area contributed by atoms with Crippen molar-refractivity contribution in [2.24, 2.45) is 5.16 Å². The molecule has 0 aromatic rings. The molecule has 7 nitrogen and oxygen atoms in total. The summed E-state index contributed by atoms with van der Waals surface area (Å²) in [7, 11) is 0. The van der Waals surface area contributed by atoms with Crippen LogP contribution in [-0.4, -0.2) is 34.3 Å². The number of nitrogens with zero attached hydrogens (tertiary/aromatic N) is 2. The number of carbonyl (C=O) groups excluding carboxylic acids is 1. The van der Waals surface area contributed by atoms with Crippen molar-refractivity contribution >= 4 is 11.6 Å². The van der Waals surface area contributed by atoms with Gasteiger partial charge in [-0.1, -0.05) is 19.0 Å². The van der Waals surface area contributed by atoms with Crippen LogP contribution in [0.25, 0.3) is 0 Å². The van der Waals surface area contributed by atoms with Crippen molar-refractivity contribution in [3.05, 3.63) is 21.8 Å².